The Morgan fingerprint density at radius 3 is 3.00 bits per heavy atom. The number of aromatic hydroxyl groups is 1. The fraction of sp³-hybridized carbons (Fsp3) is 0.200. The molecule has 72 valence electrons. The van der Waals surface area contributed by atoms with Crippen molar-refractivity contribution in [1.82, 2.24) is 0 Å². The van der Waals surface area contributed by atoms with E-state index in [0.29, 0.717) is 11.9 Å². The van der Waals surface area contributed by atoms with Gasteiger partial charge in [-0.05, 0) is 29.3 Å². The molecule has 1 N–H and O–H groups in total. The van der Waals surface area contributed by atoms with Gasteiger partial charge in [-0.2, -0.15) is 0 Å². The van der Waals surface area contributed by atoms with Gasteiger partial charge in [-0.15, -0.1) is 0 Å². The minimum atomic E-state index is -0.661. The summed E-state index contributed by atoms with van der Waals surface area (Å²) >= 11 is 5.30. The summed E-state index contributed by atoms with van der Waals surface area (Å²) in [7, 11) is 0. The number of benzene rings is 1. The molecule has 0 bridgehead atoms. The van der Waals surface area contributed by atoms with Crippen LogP contribution in [0.3, 0.4) is 0 Å². The summed E-state index contributed by atoms with van der Waals surface area (Å²) in [5, 5.41) is 10.4. The van der Waals surface area contributed by atoms with Crippen LogP contribution in [0.15, 0.2) is 17.1 Å². The second kappa shape index (κ2) is 3.42. The summed E-state index contributed by atoms with van der Waals surface area (Å²) in [6.45, 7) is 0.639. The van der Waals surface area contributed by atoms with Gasteiger partial charge >= 0.3 is 0 Å². The number of rotatable bonds is 1. The maximum atomic E-state index is 10.9. The third-order valence-corrected chi connectivity index (χ3v) is 2.36. The lowest BCUT2D eigenvalue weighted by atomic mass is 10.1. The zero-order valence-corrected chi connectivity index (χ0v) is 8.08. The number of hydrogen-bond donors (Lipinski definition) is 1. The Balaban J connectivity index is 2.80. The van der Waals surface area contributed by atoms with Crippen molar-refractivity contribution in [2.75, 3.05) is 6.54 Å². The topological polar surface area (TPSA) is 49.7 Å². The quantitative estimate of drug-likeness (QED) is 0.688. The maximum absolute atomic E-state index is 10.9. The standard InChI is InChI=1S/C10H8ClNO2/c11-10(14)7-4-3-6-2-1-5-12-8(6)9(7)13/h2-4,13H,1,5H2. The first-order valence-electron chi connectivity index (χ1n) is 4.26. The first-order valence-corrected chi connectivity index (χ1v) is 4.64. The first-order chi connectivity index (χ1) is 6.70. The molecule has 0 atom stereocenters. The SMILES string of the molecule is O=C(Cl)c1ccc2c(c1O)=NCCC=2. The molecule has 1 aliphatic heterocycles. The van der Waals surface area contributed by atoms with Crippen LogP contribution in [0.4, 0.5) is 0 Å². The molecule has 0 radical (unpaired) electrons. The van der Waals surface area contributed by atoms with E-state index in [-0.39, 0.29) is 11.3 Å². The molecule has 0 fully saturated rings. The minimum Gasteiger partial charge on any atom is -0.505 e. The average molecular weight is 210 g/mol. The summed E-state index contributed by atoms with van der Waals surface area (Å²) in [5.74, 6) is -0.113. The van der Waals surface area contributed by atoms with Gasteiger partial charge in [0, 0.05) is 6.54 Å². The lowest BCUT2D eigenvalue weighted by Gasteiger charge is -2.04. The number of phenols is 1. The molecule has 14 heavy (non-hydrogen) atoms. The molecule has 3 nitrogen and oxygen atoms in total. The van der Waals surface area contributed by atoms with Gasteiger partial charge in [-0.25, -0.2) is 0 Å². The second-order valence-electron chi connectivity index (χ2n) is 3.05. The normalized spacial score (nSPS) is 13.8. The molecular weight excluding hydrogens is 202 g/mol. The molecule has 4 heteroatoms. The van der Waals surface area contributed by atoms with Gasteiger partial charge in [0.25, 0.3) is 5.24 Å². The van der Waals surface area contributed by atoms with Crippen LogP contribution in [-0.4, -0.2) is 16.9 Å². The highest BCUT2D eigenvalue weighted by Crippen LogP contribution is 2.12. The fourth-order valence-corrected chi connectivity index (χ4v) is 1.63. The van der Waals surface area contributed by atoms with Crippen LogP contribution in [-0.2, 0) is 0 Å². The predicted octanol–water partition coefficient (Wildman–Crippen LogP) is 0.575. The summed E-state index contributed by atoms with van der Waals surface area (Å²) in [6.07, 6.45) is 2.84. The van der Waals surface area contributed by atoms with Crippen molar-refractivity contribution in [2.45, 2.75) is 6.42 Å². The molecule has 0 aliphatic carbocycles. The summed E-state index contributed by atoms with van der Waals surface area (Å²) in [5.41, 5.74) is 0.115. The van der Waals surface area contributed by atoms with Crippen molar-refractivity contribution >= 4 is 22.9 Å². The summed E-state index contributed by atoms with van der Waals surface area (Å²) in [4.78, 5) is 15.0. The first kappa shape index (κ1) is 9.21. The molecular formula is C10H8ClNO2. The predicted molar refractivity (Wildman–Crippen MR) is 53.0 cm³/mol. The molecule has 0 amide bonds. The lowest BCUT2D eigenvalue weighted by Crippen LogP contribution is -2.29. The molecule has 1 heterocycles. The van der Waals surface area contributed by atoms with E-state index in [1.165, 1.54) is 6.07 Å². The molecule has 1 aromatic rings. The average Bonchev–Trinajstić information content (AvgIpc) is 2.18. The van der Waals surface area contributed by atoms with E-state index in [4.69, 9.17) is 11.6 Å². The highest BCUT2D eigenvalue weighted by molar-refractivity contribution is 6.68. The molecule has 1 aromatic carbocycles. The van der Waals surface area contributed by atoms with Crippen LogP contribution >= 0.6 is 11.6 Å². The molecule has 0 aromatic heterocycles. The number of phenolic OH excluding ortho intramolecular Hbond substituents is 1. The van der Waals surface area contributed by atoms with E-state index in [1.54, 1.807) is 6.07 Å². The molecule has 0 spiro atoms. The molecule has 0 saturated carbocycles. The monoisotopic (exact) mass is 209 g/mol. The summed E-state index contributed by atoms with van der Waals surface area (Å²) in [6, 6.07) is 3.26. The van der Waals surface area contributed by atoms with Crippen molar-refractivity contribution in [3.8, 4) is 5.75 Å². The van der Waals surface area contributed by atoms with Gasteiger partial charge in [-0.3, -0.25) is 9.79 Å². The smallest absolute Gasteiger partial charge is 0.256 e. The van der Waals surface area contributed by atoms with E-state index in [1.807, 2.05) is 6.08 Å². The third kappa shape index (κ3) is 1.40. The van der Waals surface area contributed by atoms with Gasteiger partial charge in [0.15, 0.2) is 5.75 Å². The van der Waals surface area contributed by atoms with E-state index >= 15 is 0 Å². The van der Waals surface area contributed by atoms with Gasteiger partial charge < -0.3 is 5.11 Å². The number of fused-ring (bicyclic) bond motifs is 1. The Hall–Kier alpha value is -1.35. The molecule has 2 rings (SSSR count). The zero-order chi connectivity index (χ0) is 10.1. The maximum Gasteiger partial charge on any atom is 0.256 e. The number of carbonyl (C=O) groups is 1. The van der Waals surface area contributed by atoms with Crippen molar-refractivity contribution in [1.29, 1.82) is 0 Å². The molecule has 0 unspecified atom stereocenters. The van der Waals surface area contributed by atoms with E-state index in [2.05, 4.69) is 4.99 Å². The van der Waals surface area contributed by atoms with E-state index in [9.17, 15) is 9.90 Å². The molecule has 1 aliphatic rings. The van der Waals surface area contributed by atoms with Gasteiger partial charge in [0.2, 0.25) is 0 Å². The van der Waals surface area contributed by atoms with Crippen molar-refractivity contribution < 1.29 is 9.90 Å². The van der Waals surface area contributed by atoms with Crippen LogP contribution in [0.5, 0.6) is 5.75 Å². The van der Waals surface area contributed by atoms with Crippen molar-refractivity contribution in [2.24, 2.45) is 4.99 Å². The lowest BCUT2D eigenvalue weighted by molar-refractivity contribution is 0.107. The fourth-order valence-electron chi connectivity index (χ4n) is 1.48. The van der Waals surface area contributed by atoms with Gasteiger partial charge in [0.1, 0.15) is 5.36 Å². The summed E-state index contributed by atoms with van der Waals surface area (Å²) < 4.78 is 0. The highest BCUT2D eigenvalue weighted by Gasteiger charge is 2.11. The Labute approximate surface area is 85.4 Å². The molecule has 0 saturated heterocycles. The Morgan fingerprint density at radius 2 is 2.29 bits per heavy atom. The third-order valence-electron chi connectivity index (χ3n) is 2.16. The van der Waals surface area contributed by atoms with Crippen LogP contribution in [0.25, 0.3) is 6.08 Å². The van der Waals surface area contributed by atoms with E-state index < -0.39 is 5.24 Å². The number of carbonyl (C=O) groups excluding carboxylic acids is 1. The highest BCUT2D eigenvalue weighted by atomic mass is 35.5. The van der Waals surface area contributed by atoms with Gasteiger partial charge in [0.05, 0.1) is 5.56 Å². The number of nitrogens with zero attached hydrogens (tertiary/aromatic N) is 1. The number of halogens is 1. The van der Waals surface area contributed by atoms with Crippen molar-refractivity contribution in [3.05, 3.63) is 28.3 Å². The second-order valence-corrected chi connectivity index (χ2v) is 3.39. The van der Waals surface area contributed by atoms with Crippen LogP contribution in [0.1, 0.15) is 16.8 Å². The Morgan fingerprint density at radius 1 is 1.50 bits per heavy atom. The van der Waals surface area contributed by atoms with Crippen LogP contribution in [0.2, 0.25) is 0 Å². The largest absolute Gasteiger partial charge is 0.505 e. The van der Waals surface area contributed by atoms with Crippen LogP contribution in [0, 0.1) is 0 Å². The van der Waals surface area contributed by atoms with Crippen LogP contribution < -0.4 is 10.6 Å². The Bertz CT molecular complexity index is 508. The Kier molecular flexibility index (Phi) is 2.25. The van der Waals surface area contributed by atoms with Gasteiger partial charge in [-0.1, -0.05) is 12.1 Å². The zero-order valence-electron chi connectivity index (χ0n) is 7.33. The van der Waals surface area contributed by atoms with Crippen molar-refractivity contribution in [3.63, 3.8) is 0 Å². The minimum absolute atomic E-state index is 0.113. The van der Waals surface area contributed by atoms with E-state index in [0.717, 1.165) is 11.6 Å². The number of hydrogen-bond acceptors (Lipinski definition) is 3.